The molecule has 0 radical (unpaired) electrons. The third-order valence-corrected chi connectivity index (χ3v) is 4.08. The molecular weight excluding hydrogens is 403 g/mol. The molecule has 3 aromatic rings. The zero-order valence-corrected chi connectivity index (χ0v) is 17.2. The Balaban J connectivity index is 1.50. The fourth-order valence-electron chi connectivity index (χ4n) is 2.59. The summed E-state index contributed by atoms with van der Waals surface area (Å²) in [6.45, 7) is 4.21. The van der Waals surface area contributed by atoms with Crippen LogP contribution in [0.3, 0.4) is 0 Å². The zero-order chi connectivity index (χ0) is 22.2. The van der Waals surface area contributed by atoms with E-state index in [1.807, 2.05) is 13.8 Å². The van der Waals surface area contributed by atoms with Crippen molar-refractivity contribution in [2.45, 2.75) is 26.7 Å². The van der Waals surface area contributed by atoms with E-state index in [0.29, 0.717) is 35.3 Å². The Kier molecular flexibility index (Phi) is 7.31. The normalized spacial score (nSPS) is 10.7. The highest BCUT2D eigenvalue weighted by Gasteiger charge is 2.12. The van der Waals surface area contributed by atoms with Crippen LogP contribution in [0.25, 0.3) is 11.4 Å². The maximum absolute atomic E-state index is 13.0. The molecule has 1 aromatic heterocycles. The van der Waals surface area contributed by atoms with Crippen molar-refractivity contribution < 1.29 is 23.2 Å². The molecule has 0 aliphatic heterocycles. The predicted octanol–water partition coefficient (Wildman–Crippen LogP) is 4.65. The number of halogens is 1. The molecule has 31 heavy (non-hydrogen) atoms. The van der Waals surface area contributed by atoms with Crippen LogP contribution in [0.5, 0.6) is 0 Å². The molecule has 3 rings (SSSR count). The van der Waals surface area contributed by atoms with Crippen LogP contribution in [0.2, 0.25) is 0 Å². The first-order chi connectivity index (χ1) is 14.9. The highest BCUT2D eigenvalue weighted by molar-refractivity contribution is 5.92. The SMILES string of the molecule is CC(C)COC(=O)Nc1cccc(NC(=O)CCc2nc(-c3ccc(F)cc3)no2)c1. The first kappa shape index (κ1) is 21.9. The molecule has 8 nitrogen and oxygen atoms in total. The van der Waals surface area contributed by atoms with Crippen molar-refractivity contribution in [3.05, 3.63) is 60.2 Å². The number of aryl methyl sites for hydroxylation is 1. The molecule has 2 N–H and O–H groups in total. The molecule has 0 fully saturated rings. The van der Waals surface area contributed by atoms with E-state index < -0.39 is 6.09 Å². The fourth-order valence-corrected chi connectivity index (χ4v) is 2.59. The van der Waals surface area contributed by atoms with Gasteiger partial charge in [0.05, 0.1) is 6.61 Å². The number of hydrogen-bond acceptors (Lipinski definition) is 6. The molecule has 1 heterocycles. The molecular formula is C22H23FN4O4. The van der Waals surface area contributed by atoms with Crippen molar-refractivity contribution in [2.24, 2.45) is 5.92 Å². The molecule has 0 saturated heterocycles. The third-order valence-electron chi connectivity index (χ3n) is 4.08. The number of benzene rings is 2. The average molecular weight is 426 g/mol. The van der Waals surface area contributed by atoms with Crippen LogP contribution in [0.4, 0.5) is 20.6 Å². The minimum Gasteiger partial charge on any atom is -0.449 e. The van der Waals surface area contributed by atoms with Crippen LogP contribution in [0.1, 0.15) is 26.2 Å². The number of rotatable bonds is 8. The lowest BCUT2D eigenvalue weighted by Crippen LogP contribution is -2.17. The second-order valence-corrected chi connectivity index (χ2v) is 7.26. The van der Waals surface area contributed by atoms with Crippen molar-refractivity contribution in [3.63, 3.8) is 0 Å². The summed E-state index contributed by atoms with van der Waals surface area (Å²) in [5.74, 6) is 0.273. The van der Waals surface area contributed by atoms with E-state index in [9.17, 15) is 14.0 Å². The fraction of sp³-hybridized carbons (Fsp3) is 0.273. The number of carbonyl (C=O) groups excluding carboxylic acids is 2. The highest BCUT2D eigenvalue weighted by Crippen LogP contribution is 2.18. The van der Waals surface area contributed by atoms with Crippen LogP contribution in [0.15, 0.2) is 53.1 Å². The van der Waals surface area contributed by atoms with Gasteiger partial charge in [0.2, 0.25) is 17.6 Å². The Hall–Kier alpha value is -3.75. The molecule has 0 bridgehead atoms. The number of aromatic nitrogens is 2. The van der Waals surface area contributed by atoms with E-state index in [2.05, 4.69) is 20.8 Å². The Morgan fingerprint density at radius 2 is 1.81 bits per heavy atom. The number of nitrogens with one attached hydrogen (secondary N) is 2. The largest absolute Gasteiger partial charge is 0.449 e. The lowest BCUT2D eigenvalue weighted by molar-refractivity contribution is -0.116. The third kappa shape index (κ3) is 6.91. The number of amides is 2. The van der Waals surface area contributed by atoms with Gasteiger partial charge in [-0.3, -0.25) is 10.1 Å². The summed E-state index contributed by atoms with van der Waals surface area (Å²) in [6.07, 6.45) is -0.177. The monoisotopic (exact) mass is 426 g/mol. The van der Waals surface area contributed by atoms with Gasteiger partial charge < -0.3 is 14.6 Å². The molecule has 9 heteroatoms. The Morgan fingerprint density at radius 1 is 1.10 bits per heavy atom. The molecule has 0 saturated carbocycles. The Morgan fingerprint density at radius 3 is 2.52 bits per heavy atom. The van der Waals surface area contributed by atoms with Gasteiger partial charge in [-0.15, -0.1) is 0 Å². The summed E-state index contributed by atoms with van der Waals surface area (Å²) in [4.78, 5) is 28.2. The van der Waals surface area contributed by atoms with Gasteiger partial charge in [-0.2, -0.15) is 4.98 Å². The summed E-state index contributed by atoms with van der Waals surface area (Å²) in [7, 11) is 0. The van der Waals surface area contributed by atoms with Crippen molar-refractivity contribution in [1.29, 1.82) is 0 Å². The maximum Gasteiger partial charge on any atom is 0.411 e. The van der Waals surface area contributed by atoms with Crippen molar-refractivity contribution in [1.82, 2.24) is 10.1 Å². The number of carbonyl (C=O) groups is 2. The van der Waals surface area contributed by atoms with Crippen molar-refractivity contribution in [2.75, 3.05) is 17.2 Å². The van der Waals surface area contributed by atoms with Crippen LogP contribution in [-0.2, 0) is 16.0 Å². The Labute approximate surface area is 178 Å². The van der Waals surface area contributed by atoms with Crippen LogP contribution in [-0.4, -0.2) is 28.7 Å². The summed E-state index contributed by atoms with van der Waals surface area (Å²) < 4.78 is 23.2. The molecule has 2 amide bonds. The van der Waals surface area contributed by atoms with Crippen LogP contribution >= 0.6 is 0 Å². The lowest BCUT2D eigenvalue weighted by atomic mass is 10.2. The quantitative estimate of drug-likeness (QED) is 0.543. The van der Waals surface area contributed by atoms with Gasteiger partial charge in [-0.05, 0) is 48.4 Å². The topological polar surface area (TPSA) is 106 Å². The lowest BCUT2D eigenvalue weighted by Gasteiger charge is -2.10. The van der Waals surface area contributed by atoms with Gasteiger partial charge in [0.15, 0.2) is 0 Å². The second-order valence-electron chi connectivity index (χ2n) is 7.26. The van der Waals surface area contributed by atoms with Crippen molar-refractivity contribution >= 4 is 23.4 Å². The summed E-state index contributed by atoms with van der Waals surface area (Å²) in [5.41, 5.74) is 1.66. The second kappa shape index (κ2) is 10.3. The van der Waals surface area contributed by atoms with Gasteiger partial charge in [-0.1, -0.05) is 25.1 Å². The Bertz CT molecular complexity index is 1030. The molecule has 2 aromatic carbocycles. The molecule has 0 aliphatic rings. The van der Waals surface area contributed by atoms with E-state index in [1.54, 1.807) is 36.4 Å². The summed E-state index contributed by atoms with van der Waals surface area (Å²) in [6, 6.07) is 12.5. The zero-order valence-electron chi connectivity index (χ0n) is 17.2. The van der Waals surface area contributed by atoms with E-state index >= 15 is 0 Å². The van der Waals surface area contributed by atoms with E-state index in [-0.39, 0.29) is 30.5 Å². The number of hydrogen-bond donors (Lipinski definition) is 2. The van der Waals surface area contributed by atoms with E-state index in [0.717, 1.165) is 0 Å². The van der Waals surface area contributed by atoms with Gasteiger partial charge in [0.1, 0.15) is 5.82 Å². The number of ether oxygens (including phenoxy) is 1. The number of nitrogens with zero attached hydrogens (tertiary/aromatic N) is 2. The summed E-state index contributed by atoms with van der Waals surface area (Å²) >= 11 is 0. The van der Waals surface area contributed by atoms with Gasteiger partial charge in [-0.25, -0.2) is 9.18 Å². The average Bonchev–Trinajstić information content (AvgIpc) is 3.21. The van der Waals surface area contributed by atoms with Gasteiger partial charge in [0, 0.05) is 29.8 Å². The standard InChI is InChI=1S/C22H23FN4O4/c1-14(2)13-30-22(29)25-18-5-3-4-17(12-18)24-19(28)10-11-20-26-21(27-31-20)15-6-8-16(23)9-7-15/h3-9,12,14H,10-11,13H2,1-2H3,(H,24,28)(H,25,29). The molecule has 0 aliphatic carbocycles. The molecule has 0 spiro atoms. The van der Waals surface area contributed by atoms with E-state index in [1.165, 1.54) is 12.1 Å². The molecule has 0 unspecified atom stereocenters. The minimum absolute atomic E-state index is 0.124. The van der Waals surface area contributed by atoms with Gasteiger partial charge in [0.25, 0.3) is 0 Å². The first-order valence-electron chi connectivity index (χ1n) is 9.81. The maximum atomic E-state index is 13.0. The first-order valence-corrected chi connectivity index (χ1v) is 9.81. The van der Waals surface area contributed by atoms with Crippen molar-refractivity contribution in [3.8, 4) is 11.4 Å². The smallest absolute Gasteiger partial charge is 0.411 e. The van der Waals surface area contributed by atoms with Crippen LogP contribution < -0.4 is 10.6 Å². The number of anilines is 2. The van der Waals surface area contributed by atoms with E-state index in [4.69, 9.17) is 9.26 Å². The minimum atomic E-state index is -0.550. The molecule has 162 valence electrons. The molecule has 0 atom stereocenters. The highest BCUT2D eigenvalue weighted by atomic mass is 19.1. The predicted molar refractivity (Wildman–Crippen MR) is 113 cm³/mol. The van der Waals surface area contributed by atoms with Gasteiger partial charge >= 0.3 is 6.09 Å². The summed E-state index contributed by atoms with van der Waals surface area (Å²) in [5, 5.41) is 9.23. The van der Waals surface area contributed by atoms with Crippen LogP contribution in [0, 0.1) is 11.7 Å².